The standard InChI is InChI=1S/C14H15N3O4/c1-9(18)15-16-12(19)7-4-8-17-13(20)10-5-2-3-6-11(10)14(17)21/h2-3,5-6H,4,7-8H2,1H3,(H,15,18)(H,16,19). The quantitative estimate of drug-likeness (QED) is 0.612. The molecule has 0 fully saturated rings. The van der Waals surface area contributed by atoms with Crippen molar-refractivity contribution in [2.45, 2.75) is 19.8 Å². The second-order valence-corrected chi connectivity index (χ2v) is 4.64. The van der Waals surface area contributed by atoms with Gasteiger partial charge in [-0.1, -0.05) is 12.1 Å². The molecule has 4 amide bonds. The zero-order valence-electron chi connectivity index (χ0n) is 11.5. The molecule has 0 unspecified atom stereocenters. The van der Waals surface area contributed by atoms with Crippen molar-refractivity contribution in [1.29, 1.82) is 0 Å². The number of hydrogen-bond donors (Lipinski definition) is 2. The van der Waals surface area contributed by atoms with Gasteiger partial charge in [-0.25, -0.2) is 0 Å². The van der Waals surface area contributed by atoms with Gasteiger partial charge >= 0.3 is 0 Å². The van der Waals surface area contributed by atoms with E-state index in [-0.39, 0.29) is 36.6 Å². The normalized spacial score (nSPS) is 13.1. The Hall–Kier alpha value is -2.70. The average Bonchev–Trinajstić information content (AvgIpc) is 2.70. The third-order valence-electron chi connectivity index (χ3n) is 3.04. The minimum Gasteiger partial charge on any atom is -0.274 e. The number of benzene rings is 1. The third-order valence-corrected chi connectivity index (χ3v) is 3.04. The molecule has 0 atom stereocenters. The molecule has 1 aliphatic rings. The molecule has 2 rings (SSSR count). The maximum absolute atomic E-state index is 12.0. The number of nitrogens with zero attached hydrogens (tertiary/aromatic N) is 1. The summed E-state index contributed by atoms with van der Waals surface area (Å²) in [7, 11) is 0. The smallest absolute Gasteiger partial charge is 0.261 e. The van der Waals surface area contributed by atoms with Gasteiger partial charge in [-0.2, -0.15) is 0 Å². The van der Waals surface area contributed by atoms with Crippen molar-refractivity contribution >= 4 is 23.6 Å². The van der Waals surface area contributed by atoms with Gasteiger partial charge in [-0.15, -0.1) is 0 Å². The van der Waals surface area contributed by atoms with Gasteiger partial charge in [-0.05, 0) is 18.6 Å². The Labute approximate surface area is 121 Å². The lowest BCUT2D eigenvalue weighted by Gasteiger charge is -2.13. The first-order valence-electron chi connectivity index (χ1n) is 6.51. The second-order valence-electron chi connectivity index (χ2n) is 4.64. The van der Waals surface area contributed by atoms with E-state index < -0.39 is 0 Å². The molecule has 0 spiro atoms. The molecule has 0 saturated heterocycles. The molecular weight excluding hydrogens is 274 g/mol. The van der Waals surface area contributed by atoms with Gasteiger partial charge in [0.2, 0.25) is 11.8 Å². The lowest BCUT2D eigenvalue weighted by atomic mass is 10.1. The van der Waals surface area contributed by atoms with Crippen LogP contribution in [-0.2, 0) is 9.59 Å². The third kappa shape index (κ3) is 3.25. The monoisotopic (exact) mass is 289 g/mol. The number of imide groups is 1. The van der Waals surface area contributed by atoms with Crippen molar-refractivity contribution in [1.82, 2.24) is 15.8 Å². The molecule has 0 bridgehead atoms. The Kier molecular flexibility index (Phi) is 4.32. The van der Waals surface area contributed by atoms with Crippen LogP contribution in [0.2, 0.25) is 0 Å². The number of hydrazine groups is 1. The molecule has 2 N–H and O–H groups in total. The van der Waals surface area contributed by atoms with Gasteiger partial charge in [0.25, 0.3) is 11.8 Å². The van der Waals surface area contributed by atoms with Crippen LogP contribution in [0.5, 0.6) is 0 Å². The van der Waals surface area contributed by atoms with E-state index in [1.165, 1.54) is 6.92 Å². The van der Waals surface area contributed by atoms with Crippen LogP contribution in [0.3, 0.4) is 0 Å². The molecule has 1 heterocycles. The van der Waals surface area contributed by atoms with E-state index in [1.54, 1.807) is 24.3 Å². The molecule has 1 aromatic carbocycles. The highest BCUT2D eigenvalue weighted by Crippen LogP contribution is 2.22. The van der Waals surface area contributed by atoms with Crippen molar-refractivity contribution in [3.05, 3.63) is 35.4 Å². The molecule has 0 radical (unpaired) electrons. The van der Waals surface area contributed by atoms with Crippen LogP contribution in [0, 0.1) is 0 Å². The highest BCUT2D eigenvalue weighted by atomic mass is 16.2. The minimum atomic E-state index is -0.373. The summed E-state index contributed by atoms with van der Waals surface area (Å²) >= 11 is 0. The van der Waals surface area contributed by atoms with Gasteiger partial charge in [0.05, 0.1) is 11.1 Å². The topological polar surface area (TPSA) is 95.6 Å². The van der Waals surface area contributed by atoms with Gasteiger partial charge < -0.3 is 0 Å². The first-order chi connectivity index (χ1) is 10.0. The Morgan fingerprint density at radius 1 is 1.05 bits per heavy atom. The molecular formula is C14H15N3O4. The van der Waals surface area contributed by atoms with E-state index in [4.69, 9.17) is 0 Å². The summed E-state index contributed by atoms with van der Waals surface area (Å²) in [5.41, 5.74) is 5.18. The number of rotatable bonds is 4. The summed E-state index contributed by atoms with van der Waals surface area (Å²) in [4.78, 5) is 47.2. The molecule has 0 aromatic heterocycles. The van der Waals surface area contributed by atoms with E-state index >= 15 is 0 Å². The fraction of sp³-hybridized carbons (Fsp3) is 0.286. The maximum atomic E-state index is 12.0. The lowest BCUT2D eigenvalue weighted by molar-refractivity contribution is -0.127. The lowest BCUT2D eigenvalue weighted by Crippen LogP contribution is -2.40. The van der Waals surface area contributed by atoms with Crippen molar-refractivity contribution in [3.8, 4) is 0 Å². The van der Waals surface area contributed by atoms with E-state index in [9.17, 15) is 19.2 Å². The van der Waals surface area contributed by atoms with Gasteiger partial charge in [0.1, 0.15) is 0 Å². The molecule has 0 saturated carbocycles. The van der Waals surface area contributed by atoms with Crippen molar-refractivity contribution < 1.29 is 19.2 Å². The van der Waals surface area contributed by atoms with Crippen molar-refractivity contribution in [2.24, 2.45) is 0 Å². The van der Waals surface area contributed by atoms with E-state index in [1.807, 2.05) is 0 Å². The zero-order valence-corrected chi connectivity index (χ0v) is 11.5. The van der Waals surface area contributed by atoms with Crippen molar-refractivity contribution in [3.63, 3.8) is 0 Å². The number of carbonyl (C=O) groups is 4. The average molecular weight is 289 g/mol. The fourth-order valence-corrected chi connectivity index (χ4v) is 2.06. The molecule has 7 heteroatoms. The van der Waals surface area contributed by atoms with Crippen LogP contribution < -0.4 is 10.9 Å². The molecule has 1 aromatic rings. The first kappa shape index (κ1) is 14.7. The summed E-state index contributed by atoms with van der Waals surface area (Å²) in [6, 6.07) is 6.63. The van der Waals surface area contributed by atoms with E-state index in [2.05, 4.69) is 10.9 Å². The predicted molar refractivity (Wildman–Crippen MR) is 73.0 cm³/mol. The Morgan fingerprint density at radius 3 is 2.14 bits per heavy atom. The largest absolute Gasteiger partial charge is 0.274 e. The Balaban J connectivity index is 1.85. The van der Waals surface area contributed by atoms with Gasteiger partial charge in [0, 0.05) is 19.9 Å². The molecule has 110 valence electrons. The van der Waals surface area contributed by atoms with Crippen LogP contribution in [0.15, 0.2) is 24.3 Å². The number of fused-ring (bicyclic) bond motifs is 1. The summed E-state index contributed by atoms with van der Waals surface area (Å²) in [5, 5.41) is 0. The fourth-order valence-electron chi connectivity index (χ4n) is 2.06. The van der Waals surface area contributed by atoms with Crippen LogP contribution in [0.1, 0.15) is 40.5 Å². The first-order valence-corrected chi connectivity index (χ1v) is 6.51. The van der Waals surface area contributed by atoms with Gasteiger partial charge in [0.15, 0.2) is 0 Å². The maximum Gasteiger partial charge on any atom is 0.261 e. The molecule has 21 heavy (non-hydrogen) atoms. The Morgan fingerprint density at radius 2 is 1.62 bits per heavy atom. The highest BCUT2D eigenvalue weighted by molar-refractivity contribution is 6.21. The van der Waals surface area contributed by atoms with E-state index in [0.29, 0.717) is 17.5 Å². The minimum absolute atomic E-state index is 0.105. The predicted octanol–water partition coefficient (Wildman–Crippen LogP) is 0.230. The summed E-state index contributed by atoms with van der Waals surface area (Å²) in [6.45, 7) is 1.44. The SMILES string of the molecule is CC(=O)NNC(=O)CCCN1C(=O)c2ccccc2C1=O. The number of carbonyl (C=O) groups excluding carboxylic acids is 4. The van der Waals surface area contributed by atoms with E-state index in [0.717, 1.165) is 4.90 Å². The summed E-state index contributed by atoms with van der Waals surface area (Å²) < 4.78 is 0. The number of hydrogen-bond acceptors (Lipinski definition) is 4. The second kappa shape index (κ2) is 6.17. The van der Waals surface area contributed by atoms with Crippen LogP contribution in [0.25, 0.3) is 0 Å². The van der Waals surface area contributed by atoms with Crippen molar-refractivity contribution in [2.75, 3.05) is 6.54 Å². The molecule has 1 aliphatic heterocycles. The van der Waals surface area contributed by atoms with Crippen LogP contribution in [-0.4, -0.2) is 35.1 Å². The highest BCUT2D eigenvalue weighted by Gasteiger charge is 2.34. The summed E-state index contributed by atoms with van der Waals surface area (Å²) in [6.07, 6.45) is 0.435. The molecule has 7 nitrogen and oxygen atoms in total. The van der Waals surface area contributed by atoms with Crippen LogP contribution >= 0.6 is 0 Å². The molecule has 0 aliphatic carbocycles. The van der Waals surface area contributed by atoms with Gasteiger partial charge in [-0.3, -0.25) is 34.9 Å². The Bertz CT molecular complexity index is 577. The number of amides is 4. The van der Waals surface area contributed by atoms with Crippen LogP contribution in [0.4, 0.5) is 0 Å². The summed E-state index contributed by atoms with van der Waals surface area (Å²) in [5.74, 6) is -1.42. The number of nitrogens with one attached hydrogen (secondary N) is 2. The zero-order chi connectivity index (χ0) is 15.4.